The van der Waals surface area contributed by atoms with Gasteiger partial charge in [-0.15, -0.1) is 0 Å². The predicted molar refractivity (Wildman–Crippen MR) is 106 cm³/mol. The maximum atomic E-state index is 2.48. The third kappa shape index (κ3) is 2.98. The summed E-state index contributed by atoms with van der Waals surface area (Å²) in [7, 11) is -1.46. The Morgan fingerprint density at radius 1 is 0.750 bits per heavy atom. The standard InChI is InChI=1S/C15H24S4Si/c1-10(2)20(11(3)4,12(5)6)13-9-18-15(19-13)14-16-7-8-17-14/h7-12H,1-6H3. The number of hydrogen-bond acceptors (Lipinski definition) is 4. The van der Waals surface area contributed by atoms with E-state index in [1.165, 1.54) is 8.47 Å². The van der Waals surface area contributed by atoms with Crippen molar-refractivity contribution in [3.63, 3.8) is 0 Å². The van der Waals surface area contributed by atoms with Crippen molar-refractivity contribution in [3.8, 4) is 0 Å². The first-order valence-corrected chi connectivity index (χ1v) is 12.9. The Kier molecular flexibility index (Phi) is 5.97. The van der Waals surface area contributed by atoms with Crippen LogP contribution in [0.2, 0.25) is 16.6 Å². The number of thioether (sulfide) groups is 4. The van der Waals surface area contributed by atoms with Crippen molar-refractivity contribution < 1.29 is 0 Å². The van der Waals surface area contributed by atoms with E-state index in [4.69, 9.17) is 0 Å². The summed E-state index contributed by atoms with van der Waals surface area (Å²) >= 11 is 7.80. The van der Waals surface area contributed by atoms with Gasteiger partial charge in [0, 0.05) is 0 Å². The molecule has 2 aliphatic heterocycles. The average molecular weight is 361 g/mol. The molecule has 0 atom stereocenters. The van der Waals surface area contributed by atoms with Gasteiger partial charge in [-0.2, -0.15) is 0 Å². The van der Waals surface area contributed by atoms with Crippen molar-refractivity contribution in [2.45, 2.75) is 58.2 Å². The van der Waals surface area contributed by atoms with Crippen LogP contribution in [0.4, 0.5) is 0 Å². The molecule has 0 aromatic heterocycles. The maximum Gasteiger partial charge on any atom is 0.104 e. The van der Waals surface area contributed by atoms with Gasteiger partial charge in [0.25, 0.3) is 0 Å². The molecule has 5 heteroatoms. The summed E-state index contributed by atoms with van der Waals surface area (Å²) in [5.74, 6) is 0. The molecule has 0 saturated carbocycles. The van der Waals surface area contributed by atoms with E-state index in [0.717, 1.165) is 16.6 Å². The lowest BCUT2D eigenvalue weighted by molar-refractivity contribution is 0.831. The highest BCUT2D eigenvalue weighted by molar-refractivity contribution is 8.34. The van der Waals surface area contributed by atoms with Gasteiger partial charge in [-0.25, -0.2) is 0 Å². The summed E-state index contributed by atoms with van der Waals surface area (Å²) in [5.41, 5.74) is 2.40. The largest absolute Gasteiger partial charge is 0.104 e. The minimum atomic E-state index is -1.46. The molecule has 0 fully saturated rings. The molecule has 2 rings (SSSR count). The number of hydrogen-bond donors (Lipinski definition) is 0. The van der Waals surface area contributed by atoms with Gasteiger partial charge in [-0.3, -0.25) is 0 Å². The van der Waals surface area contributed by atoms with Crippen molar-refractivity contribution in [1.29, 1.82) is 0 Å². The molecule has 0 nitrogen and oxygen atoms in total. The Morgan fingerprint density at radius 2 is 1.25 bits per heavy atom. The Bertz CT molecular complexity index is 429. The third-order valence-electron chi connectivity index (χ3n) is 4.34. The first-order valence-electron chi connectivity index (χ1n) is 7.18. The molecule has 2 aliphatic rings. The molecule has 0 radical (unpaired) electrons. The van der Waals surface area contributed by atoms with E-state index < -0.39 is 8.07 Å². The predicted octanol–water partition coefficient (Wildman–Crippen LogP) is 7.60. The Morgan fingerprint density at radius 3 is 1.70 bits per heavy atom. The monoisotopic (exact) mass is 360 g/mol. The van der Waals surface area contributed by atoms with Crippen LogP contribution in [0.25, 0.3) is 0 Å². The van der Waals surface area contributed by atoms with Gasteiger partial charge in [0.15, 0.2) is 0 Å². The molecule has 20 heavy (non-hydrogen) atoms. The summed E-state index contributed by atoms with van der Waals surface area (Å²) in [4.78, 5) is 0. The molecule has 0 bridgehead atoms. The van der Waals surface area contributed by atoms with E-state index in [9.17, 15) is 0 Å². The molecular weight excluding hydrogens is 337 g/mol. The van der Waals surface area contributed by atoms with Crippen LogP contribution in [0, 0.1) is 0 Å². The molecule has 0 aliphatic carbocycles. The zero-order valence-electron chi connectivity index (χ0n) is 13.1. The number of rotatable bonds is 4. The quantitative estimate of drug-likeness (QED) is 0.473. The van der Waals surface area contributed by atoms with Crippen molar-refractivity contribution in [2.75, 3.05) is 0 Å². The van der Waals surface area contributed by atoms with Crippen LogP contribution in [0.1, 0.15) is 41.5 Å². The highest BCUT2D eigenvalue weighted by Crippen LogP contribution is 2.60. The van der Waals surface area contributed by atoms with E-state index in [2.05, 4.69) is 69.5 Å². The van der Waals surface area contributed by atoms with Crippen LogP contribution in [-0.2, 0) is 0 Å². The van der Waals surface area contributed by atoms with Crippen LogP contribution in [0.3, 0.4) is 0 Å². The van der Waals surface area contributed by atoms with Gasteiger partial charge < -0.3 is 0 Å². The van der Waals surface area contributed by atoms with Gasteiger partial charge in [-0.1, -0.05) is 88.6 Å². The lowest BCUT2D eigenvalue weighted by atomic mass is 10.5. The lowest BCUT2D eigenvalue weighted by Gasteiger charge is -2.43. The fourth-order valence-corrected chi connectivity index (χ4v) is 17.8. The fraction of sp³-hybridized carbons (Fsp3) is 0.600. The molecule has 112 valence electrons. The highest BCUT2D eigenvalue weighted by Gasteiger charge is 2.47. The second kappa shape index (κ2) is 6.94. The molecule has 0 unspecified atom stereocenters. The Hall–Kier alpha value is 0.837. The zero-order chi connectivity index (χ0) is 14.9. The van der Waals surface area contributed by atoms with Crippen LogP contribution in [0.15, 0.2) is 29.2 Å². The smallest absolute Gasteiger partial charge is 0.0895 e. The van der Waals surface area contributed by atoms with Gasteiger partial charge in [0.05, 0.1) is 8.47 Å². The van der Waals surface area contributed by atoms with E-state index in [-0.39, 0.29) is 0 Å². The van der Waals surface area contributed by atoms with Crippen LogP contribution >= 0.6 is 47.0 Å². The van der Waals surface area contributed by atoms with Crippen LogP contribution in [0.5, 0.6) is 0 Å². The topological polar surface area (TPSA) is 0 Å². The van der Waals surface area contributed by atoms with Crippen molar-refractivity contribution in [2.24, 2.45) is 0 Å². The van der Waals surface area contributed by atoms with E-state index in [1.807, 2.05) is 35.3 Å². The molecule has 0 aromatic rings. The molecule has 0 N–H and O–H groups in total. The van der Waals surface area contributed by atoms with Gasteiger partial charge >= 0.3 is 0 Å². The third-order valence-corrected chi connectivity index (χ3v) is 17.5. The SMILES string of the molecule is CC(C)[Si](C1=CSC(=C2SC=CS2)S1)(C(C)C)C(C)C. The second-order valence-corrected chi connectivity index (χ2v) is 16.7. The second-order valence-electron chi connectivity index (χ2n) is 6.18. The van der Waals surface area contributed by atoms with E-state index >= 15 is 0 Å². The van der Waals surface area contributed by atoms with Crippen molar-refractivity contribution in [1.82, 2.24) is 0 Å². The van der Waals surface area contributed by atoms with Crippen molar-refractivity contribution >= 4 is 55.1 Å². The van der Waals surface area contributed by atoms with Crippen LogP contribution in [-0.4, -0.2) is 8.07 Å². The first kappa shape index (κ1) is 17.2. The Labute approximate surface area is 142 Å². The average Bonchev–Trinajstić information content (AvgIpc) is 2.97. The van der Waals surface area contributed by atoms with Crippen molar-refractivity contribution in [3.05, 3.63) is 29.2 Å². The molecule has 0 spiro atoms. The summed E-state index contributed by atoms with van der Waals surface area (Å²) in [6, 6.07) is 0. The summed E-state index contributed by atoms with van der Waals surface area (Å²) < 4.78 is 4.71. The minimum absolute atomic E-state index is 0.799. The van der Waals surface area contributed by atoms with Gasteiger partial charge in [0.1, 0.15) is 8.07 Å². The summed E-state index contributed by atoms with van der Waals surface area (Å²) in [5, 5.41) is 6.88. The molecule has 0 amide bonds. The highest BCUT2D eigenvalue weighted by atomic mass is 32.2. The lowest BCUT2D eigenvalue weighted by Crippen LogP contribution is -2.45. The zero-order valence-corrected chi connectivity index (χ0v) is 17.4. The first-order chi connectivity index (χ1) is 9.40. The molecular formula is C15H24S4Si. The minimum Gasteiger partial charge on any atom is -0.0895 e. The van der Waals surface area contributed by atoms with Gasteiger partial charge in [0.2, 0.25) is 0 Å². The summed E-state index contributed by atoms with van der Waals surface area (Å²) in [6.45, 7) is 14.7. The Balaban J connectivity index is 2.31. The molecule has 0 saturated heterocycles. The van der Waals surface area contributed by atoms with Gasteiger partial charge in [-0.05, 0) is 37.4 Å². The molecule has 2 heterocycles. The van der Waals surface area contributed by atoms with E-state index in [1.54, 1.807) is 4.53 Å². The maximum absolute atomic E-state index is 2.48. The fourth-order valence-electron chi connectivity index (χ4n) is 3.69. The normalized spacial score (nSPS) is 19.9. The van der Waals surface area contributed by atoms with E-state index in [0.29, 0.717) is 0 Å². The molecule has 0 aromatic carbocycles. The summed E-state index contributed by atoms with van der Waals surface area (Å²) in [6.07, 6.45) is 0. The van der Waals surface area contributed by atoms with Crippen LogP contribution < -0.4 is 0 Å².